The zero-order valence-corrected chi connectivity index (χ0v) is 22.4. The van der Waals surface area contributed by atoms with Gasteiger partial charge in [-0.2, -0.15) is 0 Å². The number of fused-ring (bicyclic) bond motifs is 2. The van der Waals surface area contributed by atoms with Crippen LogP contribution in [0, 0.1) is 0 Å². The fourth-order valence-electron chi connectivity index (χ4n) is 3.74. The molecule has 1 aliphatic heterocycles. The summed E-state index contributed by atoms with van der Waals surface area (Å²) in [6.45, 7) is 9.79. The summed E-state index contributed by atoms with van der Waals surface area (Å²) in [5, 5.41) is 7.60. The molecule has 0 radical (unpaired) electrons. The van der Waals surface area contributed by atoms with Crippen molar-refractivity contribution in [3.8, 4) is 17.1 Å². The zero-order chi connectivity index (χ0) is 25.4. The van der Waals surface area contributed by atoms with Gasteiger partial charge in [0.15, 0.2) is 27.2 Å². The van der Waals surface area contributed by atoms with E-state index in [4.69, 9.17) is 19.4 Å². The molecule has 12 heteroatoms. The van der Waals surface area contributed by atoms with E-state index in [9.17, 15) is 8.42 Å². The van der Waals surface area contributed by atoms with Crippen LogP contribution >= 0.6 is 11.8 Å². The zero-order valence-electron chi connectivity index (χ0n) is 20.8. The van der Waals surface area contributed by atoms with E-state index in [1.165, 1.54) is 18.0 Å². The monoisotopic (exact) mass is 520 g/mol. The van der Waals surface area contributed by atoms with E-state index < -0.39 is 14.6 Å². The molecule has 190 valence electrons. The Morgan fingerprint density at radius 1 is 1.26 bits per heavy atom. The number of thioether (sulfide) groups is 1. The number of rotatable bonds is 5. The Hall–Kier alpha value is -2.57. The summed E-state index contributed by atoms with van der Waals surface area (Å²) in [5.41, 5.74) is 2.47. The first-order valence-electron chi connectivity index (χ1n) is 11.4. The smallest absolute Gasteiger partial charge is 0.186 e. The number of nitrogens with zero attached hydrogens (tertiary/aromatic N) is 3. The lowest BCUT2D eigenvalue weighted by atomic mass is 10.1. The first-order chi connectivity index (χ1) is 16.5. The summed E-state index contributed by atoms with van der Waals surface area (Å²) in [6, 6.07) is 1.95. The summed E-state index contributed by atoms with van der Waals surface area (Å²) in [4.78, 5) is 17.4. The maximum Gasteiger partial charge on any atom is 0.186 e. The second-order valence-electron chi connectivity index (χ2n) is 9.44. The third-order valence-corrected chi connectivity index (χ3v) is 8.49. The normalized spacial score (nSPS) is 17.5. The van der Waals surface area contributed by atoms with Gasteiger partial charge in [0, 0.05) is 29.9 Å². The highest BCUT2D eigenvalue weighted by Gasteiger charge is 2.39. The molecule has 1 aliphatic rings. The predicted octanol–water partition coefficient (Wildman–Crippen LogP) is 3.98. The van der Waals surface area contributed by atoms with Gasteiger partial charge in [-0.1, -0.05) is 11.8 Å². The summed E-state index contributed by atoms with van der Waals surface area (Å²) in [5.74, 6) is 1.88. The number of pyridine rings is 1. The van der Waals surface area contributed by atoms with Gasteiger partial charge in [-0.05, 0) is 40.7 Å². The molecule has 4 heterocycles. The van der Waals surface area contributed by atoms with E-state index in [1.54, 1.807) is 26.2 Å². The van der Waals surface area contributed by atoms with Crippen molar-refractivity contribution in [2.24, 2.45) is 0 Å². The number of hydrogen-bond acceptors (Lipinski definition) is 10. The van der Waals surface area contributed by atoms with Crippen LogP contribution in [-0.2, 0) is 19.3 Å². The van der Waals surface area contributed by atoms with Crippen molar-refractivity contribution in [1.82, 2.24) is 19.9 Å². The molecule has 0 bridgehead atoms. The van der Waals surface area contributed by atoms with Gasteiger partial charge in [-0.15, -0.1) is 0 Å². The predicted molar refractivity (Wildman–Crippen MR) is 141 cm³/mol. The summed E-state index contributed by atoms with van der Waals surface area (Å²) < 4.78 is 36.3. The van der Waals surface area contributed by atoms with Gasteiger partial charge in [0.25, 0.3) is 0 Å². The van der Waals surface area contributed by atoms with Crippen LogP contribution in [0.25, 0.3) is 22.4 Å². The molecule has 10 nitrogen and oxygen atoms in total. The van der Waals surface area contributed by atoms with Crippen molar-refractivity contribution in [3.63, 3.8) is 0 Å². The van der Waals surface area contributed by atoms with Crippen LogP contribution in [0.2, 0.25) is 0 Å². The molecule has 35 heavy (non-hydrogen) atoms. The molecular formula is C23H32N6O4S2. The van der Waals surface area contributed by atoms with Crippen molar-refractivity contribution < 1.29 is 17.9 Å². The first kappa shape index (κ1) is 25.5. The lowest BCUT2D eigenvalue weighted by Crippen LogP contribution is -2.32. The molecule has 0 unspecified atom stereocenters. The Labute approximate surface area is 209 Å². The molecule has 3 aromatic rings. The van der Waals surface area contributed by atoms with E-state index >= 15 is 0 Å². The molecule has 0 spiro atoms. The highest BCUT2D eigenvalue weighted by Crippen LogP contribution is 2.42. The van der Waals surface area contributed by atoms with Crippen molar-refractivity contribution in [2.45, 2.75) is 51.4 Å². The van der Waals surface area contributed by atoms with Crippen molar-refractivity contribution in [2.75, 3.05) is 35.4 Å². The van der Waals surface area contributed by atoms with Crippen LogP contribution in [0.3, 0.4) is 0 Å². The standard InChI is InChI=1S/C23H32N6O4S2/c1-13(2)26-16-9-25-20-15(7-8-24-20)17(16)21-28-19(23(4,5)35(6,30)31)18-22(29-21)27-14(3)10-32-11-34-12-33-18/h7-9,13-14,26H,10-12H2,1-6H3,(H,24,25)(H,27,28,29)/t14-/m1/s1. The number of hydrogen-bond donors (Lipinski definition) is 3. The maximum absolute atomic E-state index is 12.9. The van der Waals surface area contributed by atoms with E-state index in [2.05, 4.69) is 20.6 Å². The average Bonchev–Trinajstić information content (AvgIpc) is 3.24. The molecule has 0 saturated heterocycles. The highest BCUT2D eigenvalue weighted by molar-refractivity contribution is 7.99. The van der Waals surface area contributed by atoms with Gasteiger partial charge in [0.05, 0.1) is 30.0 Å². The third-order valence-electron chi connectivity index (χ3n) is 5.82. The molecule has 0 aliphatic carbocycles. The fourth-order valence-corrected chi connectivity index (χ4v) is 4.72. The number of ether oxygens (including phenoxy) is 2. The topological polar surface area (TPSA) is 131 Å². The minimum absolute atomic E-state index is 0.0917. The van der Waals surface area contributed by atoms with E-state index in [1.807, 2.05) is 26.8 Å². The Morgan fingerprint density at radius 3 is 2.74 bits per heavy atom. The average molecular weight is 521 g/mol. The van der Waals surface area contributed by atoms with Crippen molar-refractivity contribution in [3.05, 3.63) is 24.2 Å². The van der Waals surface area contributed by atoms with Gasteiger partial charge in [0.2, 0.25) is 0 Å². The van der Waals surface area contributed by atoms with Crippen LogP contribution in [0.5, 0.6) is 5.75 Å². The maximum atomic E-state index is 12.9. The van der Waals surface area contributed by atoms with Gasteiger partial charge in [0.1, 0.15) is 22.0 Å². The lowest BCUT2D eigenvalue weighted by Gasteiger charge is -2.28. The molecule has 1 atom stereocenters. The van der Waals surface area contributed by atoms with Crippen LogP contribution in [-0.4, -0.2) is 65.2 Å². The SMILES string of the molecule is CC(C)Nc1cnc2[nH]ccc2c1-c1nc2c(c(C(C)(C)S(C)(=O)=O)n1)OCSCOC[C@@H](C)N2. The number of aromatic amines is 1. The summed E-state index contributed by atoms with van der Waals surface area (Å²) in [7, 11) is -3.56. The molecule has 0 aromatic carbocycles. The molecule has 0 amide bonds. The largest absolute Gasteiger partial charge is 0.477 e. The minimum atomic E-state index is -3.56. The second kappa shape index (κ2) is 9.82. The highest BCUT2D eigenvalue weighted by atomic mass is 32.2. The van der Waals surface area contributed by atoms with Gasteiger partial charge in [-0.25, -0.2) is 23.4 Å². The Bertz CT molecular complexity index is 1320. The minimum Gasteiger partial charge on any atom is -0.477 e. The molecule has 4 rings (SSSR count). The second-order valence-corrected chi connectivity index (χ2v) is 12.9. The Balaban J connectivity index is 2.04. The van der Waals surface area contributed by atoms with Gasteiger partial charge < -0.3 is 25.1 Å². The number of sulfone groups is 1. The van der Waals surface area contributed by atoms with Crippen LogP contribution < -0.4 is 15.4 Å². The number of H-pyrrole nitrogens is 1. The number of nitrogens with one attached hydrogen (secondary N) is 3. The molecule has 0 fully saturated rings. The fraction of sp³-hybridized carbons (Fsp3) is 0.522. The summed E-state index contributed by atoms with van der Waals surface area (Å²) in [6.07, 6.45) is 4.76. The Morgan fingerprint density at radius 2 is 2.03 bits per heavy atom. The molecular weight excluding hydrogens is 488 g/mol. The third kappa shape index (κ3) is 5.19. The van der Waals surface area contributed by atoms with E-state index in [0.29, 0.717) is 41.3 Å². The molecule has 3 aromatic heterocycles. The lowest BCUT2D eigenvalue weighted by molar-refractivity contribution is 0.173. The number of anilines is 2. The van der Waals surface area contributed by atoms with E-state index in [0.717, 1.165) is 16.6 Å². The molecule has 3 N–H and O–H groups in total. The van der Waals surface area contributed by atoms with Gasteiger partial charge in [-0.3, -0.25) is 0 Å². The van der Waals surface area contributed by atoms with Crippen LogP contribution in [0.15, 0.2) is 18.5 Å². The number of aromatic nitrogens is 4. The van der Waals surface area contributed by atoms with E-state index in [-0.39, 0.29) is 18.0 Å². The molecule has 0 saturated carbocycles. The van der Waals surface area contributed by atoms with Crippen molar-refractivity contribution in [1.29, 1.82) is 0 Å². The Kier molecular flexibility index (Phi) is 7.16. The van der Waals surface area contributed by atoms with Gasteiger partial charge >= 0.3 is 0 Å². The summed E-state index contributed by atoms with van der Waals surface area (Å²) >= 11 is 1.46. The first-order valence-corrected chi connectivity index (χ1v) is 14.4. The van der Waals surface area contributed by atoms with Crippen LogP contribution in [0.1, 0.15) is 40.3 Å². The quantitative estimate of drug-likeness (QED) is 0.454. The van der Waals surface area contributed by atoms with Crippen LogP contribution in [0.4, 0.5) is 11.5 Å². The van der Waals surface area contributed by atoms with Crippen molar-refractivity contribution >= 4 is 44.1 Å².